The Hall–Kier alpha value is -2.66. The number of furan rings is 1. The van der Waals surface area contributed by atoms with Crippen LogP contribution in [0.15, 0.2) is 34.1 Å². The van der Waals surface area contributed by atoms with Crippen molar-refractivity contribution in [3.8, 4) is 0 Å². The molecular formula is C16H18N2O8S. The highest BCUT2D eigenvalue weighted by Gasteiger charge is 2.60. The number of sulfone groups is 1. The van der Waals surface area contributed by atoms with Gasteiger partial charge in [-0.1, -0.05) is 0 Å². The number of β-lactam (4-membered cyclic amide) rings is 1. The summed E-state index contributed by atoms with van der Waals surface area (Å²) in [6.07, 6.45) is 0.274. The van der Waals surface area contributed by atoms with Crippen LogP contribution in [0.5, 0.6) is 0 Å². The molecule has 146 valence electrons. The van der Waals surface area contributed by atoms with Crippen molar-refractivity contribution in [2.24, 2.45) is 0 Å². The molecule has 3 rings (SSSR count). The van der Waals surface area contributed by atoms with Crippen LogP contribution >= 0.6 is 0 Å². The minimum absolute atomic E-state index is 0.0290. The van der Waals surface area contributed by atoms with Gasteiger partial charge in [0.1, 0.15) is 18.1 Å². The van der Waals surface area contributed by atoms with Gasteiger partial charge < -0.3 is 19.2 Å². The normalized spacial score (nSPS) is 23.5. The number of nitrogens with zero attached hydrogens (tertiary/aromatic N) is 1. The molecule has 10 nitrogen and oxygen atoms in total. The minimum Gasteiger partial charge on any atom is -0.467 e. The third-order valence-corrected chi connectivity index (χ3v) is 6.18. The lowest BCUT2D eigenvalue weighted by atomic mass is 10.0. The van der Waals surface area contributed by atoms with Gasteiger partial charge in [-0.25, -0.2) is 8.42 Å². The predicted octanol–water partition coefficient (Wildman–Crippen LogP) is -0.675. The second kappa shape index (κ2) is 7.16. The average Bonchev–Trinajstić information content (AvgIpc) is 3.11. The van der Waals surface area contributed by atoms with Crippen LogP contribution in [0.1, 0.15) is 12.7 Å². The zero-order valence-corrected chi connectivity index (χ0v) is 15.4. The van der Waals surface area contributed by atoms with Crippen LogP contribution < -0.4 is 5.32 Å². The first-order valence-electron chi connectivity index (χ1n) is 7.99. The second-order valence-corrected chi connectivity index (χ2v) is 8.15. The average molecular weight is 398 g/mol. The van der Waals surface area contributed by atoms with E-state index in [1.165, 1.54) is 13.4 Å². The van der Waals surface area contributed by atoms with Crippen molar-refractivity contribution in [2.45, 2.75) is 24.9 Å². The van der Waals surface area contributed by atoms with Gasteiger partial charge in [-0.3, -0.25) is 19.3 Å². The van der Waals surface area contributed by atoms with Gasteiger partial charge in [0.2, 0.25) is 0 Å². The zero-order valence-electron chi connectivity index (χ0n) is 14.6. The van der Waals surface area contributed by atoms with Crippen molar-refractivity contribution in [3.63, 3.8) is 0 Å². The second-order valence-electron chi connectivity index (χ2n) is 6.06. The summed E-state index contributed by atoms with van der Waals surface area (Å²) in [7, 11) is -2.58. The van der Waals surface area contributed by atoms with E-state index in [4.69, 9.17) is 13.9 Å². The molecule has 2 aliphatic heterocycles. The number of hydrogen-bond acceptors (Lipinski definition) is 8. The third-order valence-electron chi connectivity index (χ3n) is 4.24. The molecule has 1 aromatic heterocycles. The molecule has 0 radical (unpaired) electrons. The lowest BCUT2D eigenvalue weighted by Gasteiger charge is -2.48. The fraction of sp³-hybridized carbons (Fsp3) is 0.438. The molecule has 0 spiro atoms. The molecule has 0 unspecified atom stereocenters. The molecule has 0 bridgehead atoms. The molecule has 0 saturated carbocycles. The van der Waals surface area contributed by atoms with Gasteiger partial charge in [-0.15, -0.1) is 0 Å². The molecule has 0 aromatic carbocycles. The Morgan fingerprint density at radius 3 is 2.74 bits per heavy atom. The molecule has 1 saturated heterocycles. The molecule has 2 aliphatic rings. The van der Waals surface area contributed by atoms with E-state index in [2.05, 4.69) is 5.32 Å². The fourth-order valence-corrected chi connectivity index (χ4v) is 5.05. The van der Waals surface area contributed by atoms with Crippen molar-refractivity contribution < 1.29 is 36.7 Å². The van der Waals surface area contributed by atoms with Crippen molar-refractivity contribution in [1.29, 1.82) is 0 Å². The number of ether oxygens (including phenoxy) is 2. The first-order chi connectivity index (χ1) is 12.8. The Balaban J connectivity index is 1.93. The van der Waals surface area contributed by atoms with Gasteiger partial charge in [0.25, 0.3) is 11.8 Å². The van der Waals surface area contributed by atoms with E-state index in [1.54, 1.807) is 12.1 Å². The van der Waals surface area contributed by atoms with Gasteiger partial charge in [-0.05, 0) is 12.1 Å². The molecule has 2 amide bonds. The largest absolute Gasteiger partial charge is 0.467 e. The summed E-state index contributed by atoms with van der Waals surface area (Å²) in [6, 6.07) is 3.30. The number of methoxy groups -OCH3 is 1. The van der Waals surface area contributed by atoms with Crippen LogP contribution in [-0.4, -0.2) is 62.0 Å². The third kappa shape index (κ3) is 3.47. The highest BCUT2D eigenvalue weighted by atomic mass is 32.2. The van der Waals surface area contributed by atoms with Crippen LogP contribution in [0, 0.1) is 0 Å². The Kier molecular flexibility index (Phi) is 5.07. The summed E-state index contributed by atoms with van der Waals surface area (Å²) < 4.78 is 40.0. The van der Waals surface area contributed by atoms with E-state index >= 15 is 0 Å². The van der Waals surface area contributed by atoms with Crippen molar-refractivity contribution in [1.82, 2.24) is 10.2 Å². The lowest BCUT2D eigenvalue weighted by Crippen LogP contribution is -2.71. The number of esters is 1. The molecule has 1 N–H and O–H groups in total. The molecule has 3 heterocycles. The molecule has 1 aromatic rings. The Labute approximate surface area is 155 Å². The SMILES string of the molecule is CO[C@H]1C(=O)N2C(C(=O)NCc3ccco3)=C(COC(C)=O)CS(=O)(=O)[C@H]12. The maximum Gasteiger partial charge on any atom is 0.302 e. The maximum atomic E-state index is 12.7. The van der Waals surface area contributed by atoms with Crippen LogP contribution in [0.4, 0.5) is 0 Å². The Morgan fingerprint density at radius 2 is 2.15 bits per heavy atom. The Bertz CT molecular complexity index is 903. The number of fused-ring (bicyclic) bond motifs is 1. The van der Waals surface area contributed by atoms with E-state index < -0.39 is 51.5 Å². The topological polar surface area (TPSA) is 132 Å². The van der Waals surface area contributed by atoms with Crippen molar-refractivity contribution in [3.05, 3.63) is 35.4 Å². The molecular weight excluding hydrogens is 380 g/mol. The van der Waals surface area contributed by atoms with Gasteiger partial charge in [0.15, 0.2) is 21.3 Å². The van der Waals surface area contributed by atoms with Crippen LogP contribution in [-0.2, 0) is 40.2 Å². The Morgan fingerprint density at radius 1 is 1.41 bits per heavy atom. The van der Waals surface area contributed by atoms with Crippen molar-refractivity contribution >= 4 is 27.6 Å². The lowest BCUT2D eigenvalue weighted by molar-refractivity contribution is -0.160. The van der Waals surface area contributed by atoms with E-state index in [9.17, 15) is 22.8 Å². The van der Waals surface area contributed by atoms with Gasteiger partial charge in [0, 0.05) is 19.6 Å². The quantitative estimate of drug-likeness (QED) is 0.493. The van der Waals surface area contributed by atoms with E-state index in [0.717, 1.165) is 11.8 Å². The highest BCUT2D eigenvalue weighted by Crippen LogP contribution is 2.38. The molecule has 27 heavy (non-hydrogen) atoms. The minimum atomic E-state index is -3.81. The summed E-state index contributed by atoms with van der Waals surface area (Å²) in [5.74, 6) is -1.99. The van der Waals surface area contributed by atoms with Crippen molar-refractivity contribution in [2.75, 3.05) is 19.5 Å². The highest BCUT2D eigenvalue weighted by molar-refractivity contribution is 7.92. The number of carbonyl (C=O) groups is 3. The molecule has 0 aliphatic carbocycles. The zero-order chi connectivity index (χ0) is 19.8. The van der Waals surface area contributed by atoms with Crippen LogP contribution in [0.25, 0.3) is 0 Å². The first kappa shape index (κ1) is 19.1. The van der Waals surface area contributed by atoms with Gasteiger partial charge >= 0.3 is 5.97 Å². The van der Waals surface area contributed by atoms with Crippen LogP contribution in [0.2, 0.25) is 0 Å². The maximum absolute atomic E-state index is 12.7. The summed E-state index contributed by atoms with van der Waals surface area (Å²) in [6.45, 7) is 0.794. The number of carbonyl (C=O) groups excluding carboxylic acids is 3. The molecule has 1 fully saturated rings. The molecule has 11 heteroatoms. The fourth-order valence-electron chi connectivity index (χ4n) is 3.04. The first-order valence-corrected chi connectivity index (χ1v) is 9.71. The summed E-state index contributed by atoms with van der Waals surface area (Å²) >= 11 is 0. The smallest absolute Gasteiger partial charge is 0.302 e. The summed E-state index contributed by atoms with van der Waals surface area (Å²) in [4.78, 5) is 37.1. The van der Waals surface area contributed by atoms with Gasteiger partial charge in [-0.2, -0.15) is 0 Å². The van der Waals surface area contributed by atoms with E-state index in [-0.39, 0.29) is 17.8 Å². The molecule has 2 atom stereocenters. The number of rotatable bonds is 6. The number of hydrogen-bond donors (Lipinski definition) is 1. The predicted molar refractivity (Wildman–Crippen MR) is 89.4 cm³/mol. The number of nitrogens with one attached hydrogen (secondary N) is 1. The summed E-state index contributed by atoms with van der Waals surface area (Å²) in [5, 5.41) is 1.30. The number of amides is 2. The van der Waals surface area contributed by atoms with E-state index in [0.29, 0.717) is 5.76 Å². The monoisotopic (exact) mass is 398 g/mol. The van der Waals surface area contributed by atoms with Crippen LogP contribution in [0.3, 0.4) is 0 Å². The standard InChI is InChI=1S/C16H18N2O8S/c1-9(19)26-7-10-8-27(22,23)16-13(24-2)15(21)18(16)12(10)14(20)17-6-11-4-3-5-25-11/h3-5,13,16H,6-8H2,1-2H3,(H,17,20)/t13-,16+/m0/s1. The van der Waals surface area contributed by atoms with Gasteiger partial charge in [0.05, 0.1) is 18.6 Å². The van der Waals surface area contributed by atoms with E-state index in [1.807, 2.05) is 0 Å². The summed E-state index contributed by atoms with van der Waals surface area (Å²) in [5.41, 5.74) is -0.109.